The Morgan fingerprint density at radius 2 is 2.07 bits per heavy atom. The SMILES string of the molecule is CCOc1cccc2sc(NC(=O)C3CCN(S(=O)(=O)c4cccs4)CC3)nc12. The standard InChI is InChI=1S/C19H21N3O4S3/c1-2-26-14-5-3-6-15-17(14)20-19(28-15)21-18(23)13-8-10-22(11-9-13)29(24,25)16-7-4-12-27-16/h3-7,12-13H,2,8-11H2,1H3,(H,20,21,23). The minimum absolute atomic E-state index is 0.116. The third kappa shape index (κ3) is 4.16. The van der Waals surface area contributed by atoms with Crippen molar-refractivity contribution < 1.29 is 17.9 Å². The number of nitrogens with one attached hydrogen (secondary N) is 1. The normalized spacial score (nSPS) is 16.2. The van der Waals surface area contributed by atoms with Crippen molar-refractivity contribution in [1.82, 2.24) is 9.29 Å². The van der Waals surface area contributed by atoms with Crippen LogP contribution < -0.4 is 10.1 Å². The predicted octanol–water partition coefficient (Wildman–Crippen LogP) is 3.80. The molecule has 0 saturated carbocycles. The zero-order chi connectivity index (χ0) is 20.4. The number of anilines is 1. The van der Waals surface area contributed by atoms with E-state index >= 15 is 0 Å². The molecule has 0 unspecified atom stereocenters. The second-order valence-electron chi connectivity index (χ2n) is 6.65. The Labute approximate surface area is 177 Å². The molecule has 0 spiro atoms. The number of sulfonamides is 1. The van der Waals surface area contributed by atoms with Gasteiger partial charge in [-0.2, -0.15) is 4.31 Å². The van der Waals surface area contributed by atoms with E-state index in [9.17, 15) is 13.2 Å². The van der Waals surface area contributed by atoms with Gasteiger partial charge in [0.15, 0.2) is 5.13 Å². The van der Waals surface area contributed by atoms with E-state index in [1.54, 1.807) is 17.5 Å². The number of benzene rings is 1. The first-order valence-corrected chi connectivity index (χ1v) is 12.5. The first-order chi connectivity index (χ1) is 14.0. The zero-order valence-corrected chi connectivity index (χ0v) is 18.3. The molecule has 3 aromatic rings. The summed E-state index contributed by atoms with van der Waals surface area (Å²) >= 11 is 2.62. The minimum atomic E-state index is -3.46. The van der Waals surface area contributed by atoms with Gasteiger partial charge in [0.2, 0.25) is 5.91 Å². The molecule has 0 radical (unpaired) electrons. The molecule has 2 aromatic heterocycles. The van der Waals surface area contributed by atoms with Crippen LogP contribution in [0, 0.1) is 5.92 Å². The van der Waals surface area contributed by atoms with E-state index in [0.717, 1.165) is 10.2 Å². The summed E-state index contributed by atoms with van der Waals surface area (Å²) in [5.74, 6) is 0.354. The highest BCUT2D eigenvalue weighted by Gasteiger charge is 2.32. The Morgan fingerprint density at radius 3 is 2.76 bits per heavy atom. The van der Waals surface area contributed by atoms with Crippen molar-refractivity contribution in [2.75, 3.05) is 25.0 Å². The molecule has 154 valence electrons. The highest BCUT2D eigenvalue weighted by molar-refractivity contribution is 7.91. The van der Waals surface area contributed by atoms with Gasteiger partial charge in [-0.3, -0.25) is 4.79 Å². The molecule has 7 nitrogen and oxygen atoms in total. The smallest absolute Gasteiger partial charge is 0.252 e. The van der Waals surface area contributed by atoms with Gasteiger partial charge in [-0.25, -0.2) is 13.4 Å². The lowest BCUT2D eigenvalue weighted by Gasteiger charge is -2.29. The van der Waals surface area contributed by atoms with Gasteiger partial charge in [0.25, 0.3) is 10.0 Å². The maximum atomic E-state index is 12.7. The Morgan fingerprint density at radius 1 is 1.28 bits per heavy atom. The molecule has 29 heavy (non-hydrogen) atoms. The summed E-state index contributed by atoms with van der Waals surface area (Å²) in [6.07, 6.45) is 0.983. The monoisotopic (exact) mass is 451 g/mol. The van der Waals surface area contributed by atoms with Crippen LogP contribution in [-0.2, 0) is 14.8 Å². The Bertz CT molecular complexity index is 1100. The minimum Gasteiger partial charge on any atom is -0.492 e. The fourth-order valence-electron chi connectivity index (χ4n) is 3.35. The van der Waals surface area contributed by atoms with Crippen LogP contribution >= 0.6 is 22.7 Å². The van der Waals surface area contributed by atoms with E-state index in [1.807, 2.05) is 25.1 Å². The number of piperidine rings is 1. The number of hydrogen-bond donors (Lipinski definition) is 1. The summed E-state index contributed by atoms with van der Waals surface area (Å²) < 4.78 is 33.6. The molecule has 3 heterocycles. The van der Waals surface area contributed by atoms with Gasteiger partial charge in [0.05, 0.1) is 11.3 Å². The molecule has 1 saturated heterocycles. The van der Waals surface area contributed by atoms with E-state index in [2.05, 4.69) is 10.3 Å². The fourth-order valence-corrected chi connectivity index (χ4v) is 6.85. The number of hydrogen-bond acceptors (Lipinski definition) is 7. The molecule has 1 N–H and O–H groups in total. The summed E-state index contributed by atoms with van der Waals surface area (Å²) in [6.45, 7) is 3.14. The average molecular weight is 452 g/mol. The first kappa shape index (κ1) is 20.3. The lowest BCUT2D eigenvalue weighted by molar-refractivity contribution is -0.120. The molecule has 1 amide bonds. The second-order valence-corrected chi connectivity index (χ2v) is 10.8. The molecule has 0 atom stereocenters. The van der Waals surface area contributed by atoms with Gasteiger partial charge in [0.1, 0.15) is 15.5 Å². The lowest BCUT2D eigenvalue weighted by atomic mass is 9.97. The van der Waals surface area contributed by atoms with E-state index in [1.165, 1.54) is 27.0 Å². The third-order valence-electron chi connectivity index (χ3n) is 4.83. The maximum absolute atomic E-state index is 12.7. The highest BCUT2D eigenvalue weighted by atomic mass is 32.2. The summed E-state index contributed by atoms with van der Waals surface area (Å²) in [4.78, 5) is 17.2. The van der Waals surface area contributed by atoms with Gasteiger partial charge in [-0.1, -0.05) is 23.5 Å². The van der Waals surface area contributed by atoms with Crippen molar-refractivity contribution >= 4 is 54.0 Å². The van der Waals surface area contributed by atoms with Crippen LogP contribution in [0.5, 0.6) is 5.75 Å². The van der Waals surface area contributed by atoms with Gasteiger partial charge in [-0.15, -0.1) is 11.3 Å². The molecule has 4 rings (SSSR count). The van der Waals surface area contributed by atoms with Crippen LogP contribution in [0.2, 0.25) is 0 Å². The summed E-state index contributed by atoms with van der Waals surface area (Å²) in [5.41, 5.74) is 0.742. The molecule has 0 bridgehead atoms. The van der Waals surface area contributed by atoms with Crippen molar-refractivity contribution in [3.05, 3.63) is 35.7 Å². The number of rotatable bonds is 6. The number of thiazole rings is 1. The molecular weight excluding hydrogens is 430 g/mol. The van der Waals surface area contributed by atoms with Crippen LogP contribution in [0.1, 0.15) is 19.8 Å². The maximum Gasteiger partial charge on any atom is 0.252 e. The zero-order valence-electron chi connectivity index (χ0n) is 15.8. The van der Waals surface area contributed by atoms with Crippen molar-refractivity contribution in [3.8, 4) is 5.75 Å². The van der Waals surface area contributed by atoms with Gasteiger partial charge in [0, 0.05) is 19.0 Å². The molecule has 10 heteroatoms. The Balaban J connectivity index is 1.40. The first-order valence-electron chi connectivity index (χ1n) is 9.36. The topological polar surface area (TPSA) is 88.6 Å². The molecule has 1 aliphatic heterocycles. The summed E-state index contributed by atoms with van der Waals surface area (Å²) in [5, 5.41) is 5.18. The van der Waals surface area contributed by atoms with Crippen molar-refractivity contribution in [1.29, 1.82) is 0 Å². The van der Waals surface area contributed by atoms with Gasteiger partial charge in [-0.05, 0) is 43.3 Å². The third-order valence-corrected chi connectivity index (χ3v) is 9.03. The average Bonchev–Trinajstić information content (AvgIpc) is 3.39. The second kappa shape index (κ2) is 8.39. The van der Waals surface area contributed by atoms with E-state index in [-0.39, 0.29) is 11.8 Å². The number of thiophene rings is 1. The van der Waals surface area contributed by atoms with Crippen LogP contribution in [0.15, 0.2) is 39.9 Å². The fraction of sp³-hybridized carbons (Fsp3) is 0.368. The van der Waals surface area contributed by atoms with E-state index in [4.69, 9.17) is 4.74 Å². The van der Waals surface area contributed by atoms with Crippen LogP contribution in [-0.4, -0.2) is 43.3 Å². The number of aromatic nitrogens is 1. The number of ether oxygens (including phenoxy) is 1. The molecule has 1 aromatic carbocycles. The molecular formula is C19H21N3O4S3. The van der Waals surface area contributed by atoms with Crippen molar-refractivity contribution in [3.63, 3.8) is 0 Å². The largest absolute Gasteiger partial charge is 0.492 e. The van der Waals surface area contributed by atoms with Gasteiger partial charge >= 0.3 is 0 Å². The number of nitrogens with zero attached hydrogens (tertiary/aromatic N) is 2. The lowest BCUT2D eigenvalue weighted by Crippen LogP contribution is -2.41. The number of fused-ring (bicyclic) bond motifs is 1. The van der Waals surface area contributed by atoms with Gasteiger partial charge < -0.3 is 10.1 Å². The molecule has 0 aliphatic carbocycles. The van der Waals surface area contributed by atoms with Crippen molar-refractivity contribution in [2.24, 2.45) is 5.92 Å². The quantitative estimate of drug-likeness (QED) is 0.616. The predicted molar refractivity (Wildman–Crippen MR) is 115 cm³/mol. The molecule has 1 fully saturated rings. The number of carbonyl (C=O) groups excluding carboxylic acids is 1. The number of amides is 1. The summed E-state index contributed by atoms with van der Waals surface area (Å²) in [6, 6.07) is 9.05. The van der Waals surface area contributed by atoms with Crippen LogP contribution in [0.4, 0.5) is 5.13 Å². The number of para-hydroxylation sites is 1. The van der Waals surface area contributed by atoms with Crippen LogP contribution in [0.3, 0.4) is 0 Å². The highest BCUT2D eigenvalue weighted by Crippen LogP contribution is 2.33. The van der Waals surface area contributed by atoms with Crippen molar-refractivity contribution in [2.45, 2.75) is 24.0 Å². The Kier molecular flexibility index (Phi) is 5.86. The van der Waals surface area contributed by atoms with E-state index in [0.29, 0.717) is 47.6 Å². The number of carbonyl (C=O) groups is 1. The van der Waals surface area contributed by atoms with Crippen LogP contribution in [0.25, 0.3) is 10.2 Å². The summed E-state index contributed by atoms with van der Waals surface area (Å²) in [7, 11) is -3.46. The molecule has 1 aliphatic rings. The van der Waals surface area contributed by atoms with E-state index < -0.39 is 10.0 Å². The Hall–Kier alpha value is -2.01.